The first-order valence-electron chi connectivity index (χ1n) is 5.83. The number of ether oxygens (including phenoxy) is 1. The Kier molecular flexibility index (Phi) is 4.14. The molecule has 1 fully saturated rings. The van der Waals surface area contributed by atoms with Crippen LogP contribution in [0.3, 0.4) is 0 Å². The minimum absolute atomic E-state index is 0.0553. The minimum atomic E-state index is -0.285. The van der Waals surface area contributed by atoms with Crippen LogP contribution in [0.1, 0.15) is 10.4 Å². The molecule has 98 valence electrons. The summed E-state index contributed by atoms with van der Waals surface area (Å²) in [4.78, 5) is 13.9. The van der Waals surface area contributed by atoms with Gasteiger partial charge in [0.15, 0.2) is 0 Å². The van der Waals surface area contributed by atoms with E-state index in [0.29, 0.717) is 25.3 Å². The lowest BCUT2D eigenvalue weighted by atomic mass is 10.1. The number of aliphatic hydroxyl groups excluding tert-OH is 1. The summed E-state index contributed by atoms with van der Waals surface area (Å²) in [5.41, 5.74) is 3.87. The molecule has 0 aromatic heterocycles. The highest BCUT2D eigenvalue weighted by molar-refractivity contribution is 5.94. The second-order valence-corrected chi connectivity index (χ2v) is 4.15. The molecule has 0 spiro atoms. The van der Waals surface area contributed by atoms with E-state index in [0.717, 1.165) is 5.69 Å². The number of benzene rings is 1. The number of rotatable bonds is 3. The van der Waals surface area contributed by atoms with Gasteiger partial charge < -0.3 is 20.2 Å². The lowest BCUT2D eigenvalue weighted by Crippen LogP contribution is -2.46. The van der Waals surface area contributed by atoms with Crippen molar-refractivity contribution in [2.75, 3.05) is 31.7 Å². The molecule has 1 aromatic carbocycles. The maximum Gasteiger partial charge on any atom is 0.254 e. The van der Waals surface area contributed by atoms with Gasteiger partial charge in [0, 0.05) is 24.3 Å². The predicted octanol–water partition coefficient (Wildman–Crippen LogP) is -0.194. The van der Waals surface area contributed by atoms with Crippen molar-refractivity contribution < 1.29 is 14.6 Å². The Hall–Kier alpha value is -1.63. The molecule has 6 nitrogen and oxygen atoms in total. The van der Waals surface area contributed by atoms with Gasteiger partial charge in [-0.05, 0) is 24.3 Å². The fourth-order valence-corrected chi connectivity index (χ4v) is 1.91. The first-order chi connectivity index (χ1) is 8.74. The van der Waals surface area contributed by atoms with E-state index in [-0.39, 0.29) is 18.6 Å². The van der Waals surface area contributed by atoms with Crippen molar-refractivity contribution in [3.63, 3.8) is 0 Å². The standard InChI is InChI=1S/C12H17N3O3/c13-14-10-3-1-9(2-4-10)12(17)15-5-6-18-11(7-15)8-16/h1-4,11,14,16H,5-8,13H2. The highest BCUT2D eigenvalue weighted by atomic mass is 16.5. The lowest BCUT2D eigenvalue weighted by Gasteiger charge is -2.32. The Morgan fingerprint density at radius 2 is 2.22 bits per heavy atom. The molecule has 1 atom stereocenters. The molecular weight excluding hydrogens is 234 g/mol. The Morgan fingerprint density at radius 1 is 1.50 bits per heavy atom. The number of morpholine rings is 1. The number of nitrogens with one attached hydrogen (secondary N) is 1. The molecule has 2 rings (SSSR count). The molecule has 0 bridgehead atoms. The number of nitrogens with two attached hydrogens (primary N) is 1. The summed E-state index contributed by atoms with van der Waals surface area (Å²) in [5, 5.41) is 9.04. The average Bonchev–Trinajstić information content (AvgIpc) is 2.46. The molecule has 18 heavy (non-hydrogen) atoms. The summed E-state index contributed by atoms with van der Waals surface area (Å²) in [6.45, 7) is 1.36. The Morgan fingerprint density at radius 3 is 2.83 bits per heavy atom. The van der Waals surface area contributed by atoms with Gasteiger partial charge in [-0.25, -0.2) is 0 Å². The van der Waals surface area contributed by atoms with Crippen molar-refractivity contribution in [1.29, 1.82) is 0 Å². The van der Waals surface area contributed by atoms with E-state index in [9.17, 15) is 4.79 Å². The fraction of sp³-hybridized carbons (Fsp3) is 0.417. The van der Waals surface area contributed by atoms with Crippen LogP contribution in [0.5, 0.6) is 0 Å². The van der Waals surface area contributed by atoms with E-state index in [4.69, 9.17) is 15.7 Å². The number of nitrogens with zero attached hydrogens (tertiary/aromatic N) is 1. The van der Waals surface area contributed by atoms with Gasteiger partial charge in [-0.1, -0.05) is 0 Å². The van der Waals surface area contributed by atoms with Gasteiger partial charge >= 0.3 is 0 Å². The molecule has 1 saturated heterocycles. The van der Waals surface area contributed by atoms with Gasteiger partial charge in [-0.2, -0.15) is 0 Å². The van der Waals surface area contributed by atoms with Crippen molar-refractivity contribution >= 4 is 11.6 Å². The van der Waals surface area contributed by atoms with Gasteiger partial charge in [0.05, 0.1) is 19.3 Å². The first kappa shape index (κ1) is 12.8. The number of hydrogen-bond donors (Lipinski definition) is 3. The van der Waals surface area contributed by atoms with Gasteiger partial charge in [0.2, 0.25) is 0 Å². The van der Waals surface area contributed by atoms with Crippen LogP contribution in [0.25, 0.3) is 0 Å². The number of carbonyl (C=O) groups excluding carboxylic acids is 1. The molecule has 0 radical (unpaired) electrons. The van der Waals surface area contributed by atoms with Gasteiger partial charge in [-0.15, -0.1) is 0 Å². The van der Waals surface area contributed by atoms with Gasteiger partial charge in [0.1, 0.15) is 0 Å². The maximum absolute atomic E-state index is 12.2. The molecule has 4 N–H and O–H groups in total. The van der Waals surface area contributed by atoms with Crippen LogP contribution in [-0.2, 0) is 4.74 Å². The fourth-order valence-electron chi connectivity index (χ4n) is 1.91. The minimum Gasteiger partial charge on any atom is -0.394 e. The second kappa shape index (κ2) is 5.81. The summed E-state index contributed by atoms with van der Waals surface area (Å²) in [6, 6.07) is 6.94. The average molecular weight is 251 g/mol. The largest absolute Gasteiger partial charge is 0.394 e. The molecule has 1 unspecified atom stereocenters. The Bertz CT molecular complexity index is 408. The SMILES string of the molecule is NNc1ccc(C(=O)N2CCOC(CO)C2)cc1. The molecule has 0 saturated carbocycles. The van der Waals surface area contributed by atoms with E-state index in [1.54, 1.807) is 29.2 Å². The summed E-state index contributed by atoms with van der Waals surface area (Å²) in [6.07, 6.45) is -0.285. The predicted molar refractivity (Wildman–Crippen MR) is 67.0 cm³/mol. The number of hydrazine groups is 1. The van der Waals surface area contributed by atoms with E-state index in [1.807, 2.05) is 0 Å². The quantitative estimate of drug-likeness (QED) is 0.512. The normalized spacial score (nSPS) is 19.7. The highest BCUT2D eigenvalue weighted by Crippen LogP contribution is 2.13. The third-order valence-electron chi connectivity index (χ3n) is 2.93. The number of carbonyl (C=O) groups is 1. The summed E-state index contributed by atoms with van der Waals surface area (Å²) < 4.78 is 5.31. The zero-order valence-corrected chi connectivity index (χ0v) is 10.0. The van der Waals surface area contributed by atoms with Crippen LogP contribution in [0.4, 0.5) is 5.69 Å². The molecule has 6 heteroatoms. The zero-order chi connectivity index (χ0) is 13.0. The van der Waals surface area contributed by atoms with Crippen molar-refractivity contribution in [3.8, 4) is 0 Å². The van der Waals surface area contributed by atoms with Crippen LogP contribution < -0.4 is 11.3 Å². The van der Waals surface area contributed by atoms with Crippen LogP contribution in [0, 0.1) is 0 Å². The van der Waals surface area contributed by atoms with Crippen LogP contribution >= 0.6 is 0 Å². The molecule has 1 aromatic rings. The van der Waals surface area contributed by atoms with E-state index in [2.05, 4.69) is 5.43 Å². The van der Waals surface area contributed by atoms with Crippen LogP contribution in [0.15, 0.2) is 24.3 Å². The zero-order valence-electron chi connectivity index (χ0n) is 10.0. The van der Waals surface area contributed by atoms with Gasteiger partial charge in [-0.3, -0.25) is 10.6 Å². The monoisotopic (exact) mass is 251 g/mol. The number of anilines is 1. The first-order valence-corrected chi connectivity index (χ1v) is 5.83. The molecule has 0 aliphatic carbocycles. The maximum atomic E-state index is 12.2. The molecular formula is C12H17N3O3. The van der Waals surface area contributed by atoms with Crippen molar-refractivity contribution in [1.82, 2.24) is 4.90 Å². The highest BCUT2D eigenvalue weighted by Gasteiger charge is 2.24. The third kappa shape index (κ3) is 2.79. The molecule has 1 heterocycles. The van der Waals surface area contributed by atoms with Crippen LogP contribution in [-0.4, -0.2) is 48.3 Å². The molecule has 1 aliphatic heterocycles. The summed E-state index contributed by atoms with van der Waals surface area (Å²) in [5.74, 6) is 5.21. The number of amides is 1. The third-order valence-corrected chi connectivity index (χ3v) is 2.93. The van der Waals surface area contributed by atoms with Crippen molar-refractivity contribution in [2.45, 2.75) is 6.10 Å². The Labute approximate surface area is 105 Å². The second-order valence-electron chi connectivity index (χ2n) is 4.15. The number of hydrogen-bond acceptors (Lipinski definition) is 5. The van der Waals surface area contributed by atoms with Gasteiger partial charge in [0.25, 0.3) is 5.91 Å². The summed E-state index contributed by atoms with van der Waals surface area (Å²) >= 11 is 0. The smallest absolute Gasteiger partial charge is 0.254 e. The van der Waals surface area contributed by atoms with E-state index < -0.39 is 0 Å². The number of aliphatic hydroxyl groups is 1. The van der Waals surface area contributed by atoms with E-state index >= 15 is 0 Å². The van der Waals surface area contributed by atoms with Crippen LogP contribution in [0.2, 0.25) is 0 Å². The van der Waals surface area contributed by atoms with E-state index in [1.165, 1.54) is 0 Å². The Balaban J connectivity index is 2.05. The van der Waals surface area contributed by atoms with Crippen molar-refractivity contribution in [3.05, 3.63) is 29.8 Å². The summed E-state index contributed by atoms with van der Waals surface area (Å²) in [7, 11) is 0. The molecule has 1 amide bonds. The molecule has 1 aliphatic rings. The topological polar surface area (TPSA) is 87.8 Å². The van der Waals surface area contributed by atoms with Crippen molar-refractivity contribution in [2.24, 2.45) is 5.84 Å². The number of nitrogen functional groups attached to an aromatic ring is 1. The lowest BCUT2D eigenvalue weighted by molar-refractivity contribution is -0.0447.